The summed E-state index contributed by atoms with van der Waals surface area (Å²) in [6.07, 6.45) is -5.18. The summed E-state index contributed by atoms with van der Waals surface area (Å²) in [4.78, 5) is 68.2. The topological polar surface area (TPSA) is 154 Å². The van der Waals surface area contributed by atoms with Crippen molar-refractivity contribution < 1.29 is 48.4 Å². The van der Waals surface area contributed by atoms with E-state index in [1.165, 1.54) is 25.1 Å². The van der Waals surface area contributed by atoms with Crippen molar-refractivity contribution in [3.05, 3.63) is 84.4 Å². The van der Waals surface area contributed by atoms with Gasteiger partial charge in [-0.3, -0.25) is 14.4 Å². The number of ether oxygens (including phenoxy) is 3. The third kappa shape index (κ3) is 4.98. The van der Waals surface area contributed by atoms with Crippen molar-refractivity contribution >= 4 is 29.5 Å². The molecule has 2 N–H and O–H groups in total. The summed E-state index contributed by atoms with van der Waals surface area (Å²) in [5.74, 6) is -6.04. The molecule has 0 heterocycles. The van der Waals surface area contributed by atoms with Gasteiger partial charge in [-0.1, -0.05) is 63.2 Å². The smallest absolute Gasteiger partial charge is 0.338 e. The summed E-state index contributed by atoms with van der Waals surface area (Å²) in [5, 5.41) is 23.8. The quantitative estimate of drug-likeness (QED) is 0.273. The Morgan fingerprint density at radius 1 is 0.848 bits per heavy atom. The van der Waals surface area contributed by atoms with E-state index in [1.807, 2.05) is 0 Å². The van der Waals surface area contributed by atoms with Gasteiger partial charge in [0.25, 0.3) is 0 Å². The van der Waals surface area contributed by atoms with Crippen LogP contribution in [-0.4, -0.2) is 69.7 Å². The first-order valence-electron chi connectivity index (χ1n) is 15.3. The number of benzene rings is 2. The van der Waals surface area contributed by atoms with E-state index in [-0.39, 0.29) is 24.0 Å². The molecule has 46 heavy (non-hydrogen) atoms. The monoisotopic (exact) mass is 632 g/mol. The molecule has 2 aromatic carbocycles. The molecule has 0 bridgehead atoms. The van der Waals surface area contributed by atoms with E-state index < -0.39 is 87.6 Å². The number of allylic oxidation sites excluding steroid dienone is 1. The Labute approximate surface area is 267 Å². The highest BCUT2D eigenvalue weighted by atomic mass is 16.6. The molecule has 2 aromatic rings. The molecule has 0 aliphatic heterocycles. The first kappa shape index (κ1) is 33.2. The SMILES string of the molecule is C=CC1(C)CC(=O)C2C(O)(C1=O)C(O)CC1C(C)(C)C(OC(=O)c3ccccc3)C(OC(C)=O)C(OC(=O)c3ccccc3)C12C. The molecular formula is C36H40O10. The van der Waals surface area contributed by atoms with Crippen LogP contribution in [0.25, 0.3) is 0 Å². The molecule has 0 radical (unpaired) electrons. The number of hydrogen-bond acceptors (Lipinski definition) is 10. The van der Waals surface area contributed by atoms with Crippen molar-refractivity contribution in [3.63, 3.8) is 0 Å². The van der Waals surface area contributed by atoms with Crippen LogP contribution in [0.3, 0.4) is 0 Å². The Balaban J connectivity index is 1.73. The number of carbonyl (C=O) groups is 5. The maximum Gasteiger partial charge on any atom is 0.338 e. The van der Waals surface area contributed by atoms with Crippen molar-refractivity contribution in [3.8, 4) is 0 Å². The number of rotatable bonds is 6. The van der Waals surface area contributed by atoms with E-state index in [9.17, 15) is 34.2 Å². The van der Waals surface area contributed by atoms with Crippen molar-refractivity contribution in [2.75, 3.05) is 0 Å². The van der Waals surface area contributed by atoms with Gasteiger partial charge in [0.2, 0.25) is 0 Å². The fraction of sp³-hybridized carbons (Fsp3) is 0.472. The molecule has 10 heteroatoms. The minimum absolute atomic E-state index is 0.156. The van der Waals surface area contributed by atoms with Gasteiger partial charge in [0.1, 0.15) is 18.0 Å². The molecule has 0 saturated heterocycles. The van der Waals surface area contributed by atoms with Crippen LogP contribution in [0.15, 0.2) is 73.3 Å². The maximum absolute atomic E-state index is 14.2. The zero-order valence-corrected chi connectivity index (χ0v) is 26.6. The molecule has 3 aliphatic rings. The summed E-state index contributed by atoms with van der Waals surface area (Å²) in [5.41, 5.74) is -6.43. The summed E-state index contributed by atoms with van der Waals surface area (Å²) >= 11 is 0. The maximum atomic E-state index is 14.2. The van der Waals surface area contributed by atoms with Gasteiger partial charge in [-0.25, -0.2) is 9.59 Å². The molecule has 3 aliphatic carbocycles. The lowest BCUT2D eigenvalue weighted by Gasteiger charge is -2.67. The van der Waals surface area contributed by atoms with Gasteiger partial charge in [0.05, 0.1) is 28.6 Å². The van der Waals surface area contributed by atoms with E-state index in [4.69, 9.17) is 14.2 Å². The lowest BCUT2D eigenvalue weighted by Crippen LogP contribution is -2.79. The third-order valence-electron chi connectivity index (χ3n) is 10.6. The molecule has 3 saturated carbocycles. The average Bonchev–Trinajstić information content (AvgIpc) is 3.02. The van der Waals surface area contributed by atoms with Crippen LogP contribution in [0.2, 0.25) is 0 Å². The zero-order valence-electron chi connectivity index (χ0n) is 26.6. The van der Waals surface area contributed by atoms with Crippen LogP contribution in [0.5, 0.6) is 0 Å². The standard InChI is InChI=1S/C36H40O10/c1-7-34(5)19-23(38)27-35(6)24(18-25(39)36(27,43)32(34)42)33(3,4)28(45-30(40)21-14-10-8-11-15-21)26(44-20(2)37)29(35)46-31(41)22-16-12-9-13-17-22/h7-17,24-29,39,43H,1,18-19H2,2-6H3. The van der Waals surface area contributed by atoms with Crippen molar-refractivity contribution in [2.24, 2.45) is 28.1 Å². The predicted molar refractivity (Wildman–Crippen MR) is 164 cm³/mol. The fourth-order valence-corrected chi connectivity index (χ4v) is 8.41. The Hall–Kier alpha value is -4.15. The summed E-state index contributed by atoms with van der Waals surface area (Å²) in [7, 11) is 0. The van der Waals surface area contributed by atoms with Crippen LogP contribution in [0.1, 0.15) is 68.2 Å². The van der Waals surface area contributed by atoms with Crippen LogP contribution in [0.4, 0.5) is 0 Å². The second kappa shape index (κ2) is 11.6. The Morgan fingerprint density at radius 2 is 1.35 bits per heavy atom. The van der Waals surface area contributed by atoms with E-state index >= 15 is 0 Å². The molecule has 9 unspecified atom stereocenters. The molecule has 3 fully saturated rings. The van der Waals surface area contributed by atoms with Crippen molar-refractivity contribution in [1.82, 2.24) is 0 Å². The fourth-order valence-electron chi connectivity index (χ4n) is 8.41. The molecule has 10 nitrogen and oxygen atoms in total. The highest BCUT2D eigenvalue weighted by Crippen LogP contribution is 2.66. The average molecular weight is 633 g/mol. The molecule has 0 spiro atoms. The Morgan fingerprint density at radius 3 is 1.83 bits per heavy atom. The number of Topliss-reactive ketones (excluding diaryl/α,β-unsaturated/α-hetero) is 2. The van der Waals surface area contributed by atoms with Gasteiger partial charge in [-0.05, 0) is 43.5 Å². The molecule has 9 atom stereocenters. The van der Waals surface area contributed by atoms with Gasteiger partial charge >= 0.3 is 17.9 Å². The number of esters is 3. The Kier molecular flexibility index (Phi) is 8.36. The lowest BCUT2D eigenvalue weighted by atomic mass is 9.39. The first-order valence-corrected chi connectivity index (χ1v) is 15.3. The zero-order chi connectivity index (χ0) is 33.8. The highest BCUT2D eigenvalue weighted by molar-refractivity contribution is 6.06. The van der Waals surface area contributed by atoms with E-state index in [0.717, 1.165) is 6.92 Å². The van der Waals surface area contributed by atoms with Crippen LogP contribution >= 0.6 is 0 Å². The Bertz CT molecular complexity index is 1570. The highest BCUT2D eigenvalue weighted by Gasteiger charge is 2.77. The van der Waals surface area contributed by atoms with Gasteiger partial charge in [0.15, 0.2) is 17.5 Å². The van der Waals surface area contributed by atoms with E-state index in [1.54, 1.807) is 69.3 Å². The van der Waals surface area contributed by atoms with Crippen molar-refractivity contribution in [1.29, 1.82) is 0 Å². The third-order valence-corrected chi connectivity index (χ3v) is 10.6. The first-order chi connectivity index (χ1) is 21.5. The number of carbonyl (C=O) groups excluding carboxylic acids is 5. The molecule has 244 valence electrons. The second-order valence-electron chi connectivity index (χ2n) is 13.8. The van der Waals surface area contributed by atoms with Crippen molar-refractivity contribution in [2.45, 2.75) is 77.5 Å². The van der Waals surface area contributed by atoms with E-state index in [2.05, 4.69) is 6.58 Å². The molecule has 0 aromatic heterocycles. The lowest BCUT2D eigenvalue weighted by molar-refractivity contribution is -0.290. The van der Waals surface area contributed by atoms with Crippen LogP contribution in [0, 0.1) is 28.1 Å². The normalized spacial score (nSPS) is 36.4. The number of fused-ring (bicyclic) bond motifs is 3. The predicted octanol–water partition coefficient (Wildman–Crippen LogP) is 3.88. The minimum atomic E-state index is -2.58. The second-order valence-corrected chi connectivity index (χ2v) is 13.8. The van der Waals surface area contributed by atoms with Crippen LogP contribution < -0.4 is 0 Å². The largest absolute Gasteiger partial charge is 0.455 e. The molecule has 0 amide bonds. The number of hydrogen-bond donors (Lipinski definition) is 2. The van der Waals surface area contributed by atoms with Gasteiger partial charge in [0, 0.05) is 24.2 Å². The molecular weight excluding hydrogens is 592 g/mol. The van der Waals surface area contributed by atoms with Gasteiger partial charge in [-0.2, -0.15) is 0 Å². The summed E-state index contributed by atoms with van der Waals surface area (Å²) in [6.45, 7) is 11.4. The number of aliphatic hydroxyl groups is 2. The van der Waals surface area contributed by atoms with Crippen LogP contribution in [-0.2, 0) is 28.6 Å². The number of aliphatic hydroxyl groups excluding tert-OH is 1. The molecule has 5 rings (SSSR count). The summed E-state index contributed by atoms with van der Waals surface area (Å²) in [6, 6.07) is 16.2. The van der Waals surface area contributed by atoms with E-state index in [0.29, 0.717) is 0 Å². The van der Waals surface area contributed by atoms with Gasteiger partial charge < -0.3 is 24.4 Å². The number of ketones is 2. The van der Waals surface area contributed by atoms with Gasteiger partial charge in [-0.15, -0.1) is 6.58 Å². The minimum Gasteiger partial charge on any atom is -0.455 e. The summed E-state index contributed by atoms with van der Waals surface area (Å²) < 4.78 is 18.1.